The molecule has 0 saturated carbocycles. The second kappa shape index (κ2) is 9.88. The smallest absolute Gasteiger partial charge is 0.161 e. The number of piperidine rings is 1. The van der Waals surface area contributed by atoms with Gasteiger partial charge in [0.15, 0.2) is 11.5 Å². The van der Waals surface area contributed by atoms with Crippen LogP contribution in [0.2, 0.25) is 0 Å². The standard InChI is InChI=1S/C28H38N4O2/c1-5-30-12-10-22(11-13-30)31-14-16-32(17-15-31)23-7-8-25-24(19-23)20(2)28(29-25)21-6-9-26(33-3)27(18-21)34-4/h6-9,18-19,22,29H,5,10-17H2,1-4H3. The van der Waals surface area contributed by atoms with E-state index in [-0.39, 0.29) is 0 Å². The van der Waals surface area contributed by atoms with E-state index in [2.05, 4.69) is 57.8 Å². The second-order valence-electron chi connectivity index (χ2n) is 9.61. The van der Waals surface area contributed by atoms with Crippen molar-refractivity contribution in [2.24, 2.45) is 0 Å². The van der Waals surface area contributed by atoms with Crippen LogP contribution >= 0.6 is 0 Å². The molecule has 0 spiro atoms. The average Bonchev–Trinajstić information content (AvgIpc) is 3.24. The van der Waals surface area contributed by atoms with Crippen LogP contribution in [0.15, 0.2) is 36.4 Å². The minimum Gasteiger partial charge on any atom is -0.493 e. The minimum atomic E-state index is 0.747. The molecule has 2 aromatic carbocycles. The van der Waals surface area contributed by atoms with Gasteiger partial charge in [-0.1, -0.05) is 6.92 Å². The molecule has 0 aliphatic carbocycles. The van der Waals surface area contributed by atoms with E-state index in [9.17, 15) is 0 Å². The first-order valence-corrected chi connectivity index (χ1v) is 12.7. The van der Waals surface area contributed by atoms with Gasteiger partial charge in [-0.05, 0) is 81.4 Å². The average molecular weight is 463 g/mol. The first kappa shape index (κ1) is 23.1. The number of H-pyrrole nitrogens is 1. The zero-order valence-electron chi connectivity index (χ0n) is 21.1. The van der Waals surface area contributed by atoms with E-state index < -0.39 is 0 Å². The Bertz CT molecular complexity index is 1120. The quantitative estimate of drug-likeness (QED) is 0.572. The molecule has 5 rings (SSSR count). The number of anilines is 1. The molecule has 2 aliphatic heterocycles. The highest BCUT2D eigenvalue weighted by Crippen LogP contribution is 2.36. The van der Waals surface area contributed by atoms with Gasteiger partial charge in [-0.25, -0.2) is 0 Å². The van der Waals surface area contributed by atoms with Gasteiger partial charge in [-0.2, -0.15) is 0 Å². The molecule has 3 heterocycles. The van der Waals surface area contributed by atoms with Gasteiger partial charge >= 0.3 is 0 Å². The van der Waals surface area contributed by atoms with E-state index in [1.54, 1.807) is 14.2 Å². The number of benzene rings is 2. The number of methoxy groups -OCH3 is 2. The van der Waals surface area contributed by atoms with Crippen molar-refractivity contribution in [3.8, 4) is 22.8 Å². The van der Waals surface area contributed by atoms with Crippen LogP contribution in [0.3, 0.4) is 0 Å². The Labute approximate surface area is 203 Å². The number of rotatable bonds is 6. The van der Waals surface area contributed by atoms with E-state index >= 15 is 0 Å². The third-order valence-corrected chi connectivity index (χ3v) is 7.91. The summed E-state index contributed by atoms with van der Waals surface area (Å²) in [5.74, 6) is 1.49. The topological polar surface area (TPSA) is 44.0 Å². The Morgan fingerprint density at radius 3 is 2.29 bits per heavy atom. The molecule has 2 aliphatic rings. The normalized spacial score (nSPS) is 18.5. The minimum absolute atomic E-state index is 0.747. The summed E-state index contributed by atoms with van der Waals surface area (Å²) in [4.78, 5) is 11.5. The predicted octanol–water partition coefficient (Wildman–Crippen LogP) is 4.77. The number of fused-ring (bicyclic) bond motifs is 1. The van der Waals surface area contributed by atoms with Gasteiger partial charge in [0.1, 0.15) is 0 Å². The lowest BCUT2D eigenvalue weighted by molar-refractivity contribution is 0.106. The lowest BCUT2D eigenvalue weighted by Gasteiger charge is -2.43. The number of piperazine rings is 1. The number of aromatic amines is 1. The molecule has 0 radical (unpaired) electrons. The number of hydrogen-bond acceptors (Lipinski definition) is 5. The Hall–Kier alpha value is -2.70. The lowest BCUT2D eigenvalue weighted by atomic mass is 10.0. The van der Waals surface area contributed by atoms with Crippen LogP contribution in [-0.2, 0) is 0 Å². The van der Waals surface area contributed by atoms with Gasteiger partial charge in [0.25, 0.3) is 0 Å². The Kier molecular flexibility index (Phi) is 6.70. The molecule has 2 fully saturated rings. The third-order valence-electron chi connectivity index (χ3n) is 7.91. The van der Waals surface area contributed by atoms with Crippen molar-refractivity contribution >= 4 is 16.6 Å². The summed E-state index contributed by atoms with van der Waals surface area (Å²) >= 11 is 0. The van der Waals surface area contributed by atoms with Crippen molar-refractivity contribution in [2.45, 2.75) is 32.7 Å². The highest BCUT2D eigenvalue weighted by Gasteiger charge is 2.27. The van der Waals surface area contributed by atoms with Gasteiger partial charge in [0.05, 0.1) is 14.2 Å². The Morgan fingerprint density at radius 1 is 0.882 bits per heavy atom. The Balaban J connectivity index is 1.31. The fourth-order valence-corrected chi connectivity index (χ4v) is 5.74. The van der Waals surface area contributed by atoms with E-state index in [1.165, 1.54) is 54.6 Å². The van der Waals surface area contributed by atoms with E-state index in [0.717, 1.165) is 55.0 Å². The third kappa shape index (κ3) is 4.37. The van der Waals surface area contributed by atoms with Crippen molar-refractivity contribution in [3.63, 3.8) is 0 Å². The zero-order valence-corrected chi connectivity index (χ0v) is 21.1. The Morgan fingerprint density at radius 2 is 1.62 bits per heavy atom. The summed E-state index contributed by atoms with van der Waals surface area (Å²) in [7, 11) is 3.35. The predicted molar refractivity (Wildman–Crippen MR) is 140 cm³/mol. The molecule has 3 aromatic rings. The molecule has 0 amide bonds. The van der Waals surface area contributed by atoms with Crippen molar-refractivity contribution in [3.05, 3.63) is 42.0 Å². The number of aromatic nitrogens is 1. The van der Waals surface area contributed by atoms with Crippen LogP contribution in [0.25, 0.3) is 22.2 Å². The summed E-state index contributed by atoms with van der Waals surface area (Å²) < 4.78 is 10.9. The molecule has 1 aromatic heterocycles. The maximum Gasteiger partial charge on any atom is 0.161 e. The van der Waals surface area contributed by atoms with Crippen LogP contribution in [0, 0.1) is 6.92 Å². The van der Waals surface area contributed by atoms with Crippen molar-refractivity contribution < 1.29 is 9.47 Å². The first-order valence-electron chi connectivity index (χ1n) is 12.7. The van der Waals surface area contributed by atoms with Gasteiger partial charge in [-0.3, -0.25) is 4.90 Å². The first-order chi connectivity index (χ1) is 16.6. The maximum absolute atomic E-state index is 5.52. The van der Waals surface area contributed by atoms with Gasteiger partial charge in [-0.15, -0.1) is 0 Å². The molecule has 182 valence electrons. The number of nitrogens with zero attached hydrogens (tertiary/aromatic N) is 3. The molecule has 0 atom stereocenters. The molecule has 1 N–H and O–H groups in total. The SMILES string of the molecule is CCN1CCC(N2CCN(c3ccc4[nH]c(-c5ccc(OC)c(OC)c5)c(C)c4c3)CC2)CC1. The summed E-state index contributed by atoms with van der Waals surface area (Å²) in [5, 5.41) is 1.29. The van der Waals surface area contributed by atoms with Crippen LogP contribution in [0.1, 0.15) is 25.3 Å². The fraction of sp³-hybridized carbons (Fsp3) is 0.500. The van der Waals surface area contributed by atoms with Gasteiger partial charge < -0.3 is 24.3 Å². The number of ether oxygens (including phenoxy) is 2. The summed E-state index contributed by atoms with van der Waals surface area (Å²) in [5.41, 5.74) is 6.01. The number of aryl methyl sites for hydroxylation is 1. The lowest BCUT2D eigenvalue weighted by Crippen LogP contribution is -2.53. The largest absolute Gasteiger partial charge is 0.493 e. The van der Waals surface area contributed by atoms with Crippen LogP contribution < -0.4 is 14.4 Å². The molecule has 6 heteroatoms. The number of hydrogen-bond donors (Lipinski definition) is 1. The summed E-state index contributed by atoms with van der Waals surface area (Å²) in [6.45, 7) is 12.7. The molecular weight excluding hydrogens is 424 g/mol. The highest BCUT2D eigenvalue weighted by atomic mass is 16.5. The number of likely N-dealkylation sites (tertiary alicyclic amines) is 1. The number of nitrogens with one attached hydrogen (secondary N) is 1. The van der Waals surface area contributed by atoms with Crippen molar-refractivity contribution in [1.29, 1.82) is 0 Å². The zero-order chi connectivity index (χ0) is 23.7. The summed E-state index contributed by atoms with van der Waals surface area (Å²) in [6, 6.07) is 13.7. The second-order valence-corrected chi connectivity index (χ2v) is 9.61. The van der Waals surface area contributed by atoms with E-state index in [4.69, 9.17) is 9.47 Å². The van der Waals surface area contributed by atoms with E-state index in [0.29, 0.717) is 0 Å². The fourth-order valence-electron chi connectivity index (χ4n) is 5.74. The summed E-state index contributed by atoms with van der Waals surface area (Å²) in [6.07, 6.45) is 2.64. The molecule has 0 unspecified atom stereocenters. The molecular formula is C28H38N4O2. The van der Waals surface area contributed by atoms with Gasteiger partial charge in [0, 0.05) is 60.1 Å². The monoisotopic (exact) mass is 462 g/mol. The molecule has 2 saturated heterocycles. The van der Waals surface area contributed by atoms with Crippen LogP contribution in [0.5, 0.6) is 11.5 Å². The highest BCUT2D eigenvalue weighted by molar-refractivity contribution is 5.93. The van der Waals surface area contributed by atoms with Crippen LogP contribution in [-0.4, -0.2) is 80.9 Å². The van der Waals surface area contributed by atoms with E-state index in [1.807, 2.05) is 12.1 Å². The maximum atomic E-state index is 5.52. The van der Waals surface area contributed by atoms with Crippen molar-refractivity contribution in [1.82, 2.24) is 14.8 Å². The van der Waals surface area contributed by atoms with Crippen molar-refractivity contribution in [2.75, 3.05) is 64.9 Å². The van der Waals surface area contributed by atoms with Crippen LogP contribution in [0.4, 0.5) is 5.69 Å². The van der Waals surface area contributed by atoms with Gasteiger partial charge in [0.2, 0.25) is 0 Å². The molecule has 6 nitrogen and oxygen atoms in total. The molecule has 34 heavy (non-hydrogen) atoms. The molecule has 0 bridgehead atoms.